The number of amides is 1. The van der Waals surface area contributed by atoms with Crippen LogP contribution in [-0.2, 0) is 16.2 Å². The molecule has 2 aromatic heterocycles. The Balaban J connectivity index is 1.91. The highest BCUT2D eigenvalue weighted by Gasteiger charge is 2.41. The summed E-state index contributed by atoms with van der Waals surface area (Å²) in [6.07, 6.45) is -2.88. The van der Waals surface area contributed by atoms with Crippen molar-refractivity contribution < 1.29 is 26.4 Å². The molecule has 1 amide bonds. The van der Waals surface area contributed by atoms with Crippen LogP contribution in [0.5, 0.6) is 0 Å². The van der Waals surface area contributed by atoms with Crippen LogP contribution in [0.1, 0.15) is 35.8 Å². The number of carbonyl (C=O) groups excluding carboxylic acids is 1. The van der Waals surface area contributed by atoms with Crippen molar-refractivity contribution in [2.45, 2.75) is 30.8 Å². The molecule has 0 bridgehead atoms. The molecule has 0 spiro atoms. The van der Waals surface area contributed by atoms with Crippen molar-refractivity contribution in [3.05, 3.63) is 64.2 Å². The largest absolute Gasteiger partial charge is 0.434 e. The van der Waals surface area contributed by atoms with Gasteiger partial charge in [0.15, 0.2) is 11.5 Å². The first-order valence-electron chi connectivity index (χ1n) is 9.65. The third-order valence-electron chi connectivity index (χ3n) is 4.39. The maximum atomic E-state index is 13.7. The van der Waals surface area contributed by atoms with Gasteiger partial charge in [-0.3, -0.25) is 9.59 Å². The third kappa shape index (κ3) is 5.64. The lowest BCUT2D eigenvalue weighted by molar-refractivity contribution is -0.143. The lowest BCUT2D eigenvalue weighted by Crippen LogP contribution is -2.25. The number of H-pyrrole nitrogens is 1. The van der Waals surface area contributed by atoms with E-state index in [1.165, 1.54) is 18.2 Å². The van der Waals surface area contributed by atoms with E-state index in [2.05, 4.69) is 20.2 Å². The van der Waals surface area contributed by atoms with Crippen molar-refractivity contribution in [2.24, 2.45) is 0 Å². The summed E-state index contributed by atoms with van der Waals surface area (Å²) in [6.45, 7) is 2.12. The molecule has 10 nitrogen and oxygen atoms in total. The molecule has 0 atom stereocenters. The van der Waals surface area contributed by atoms with Crippen molar-refractivity contribution in [3.8, 4) is 5.82 Å². The molecule has 0 aliphatic heterocycles. The first kappa shape index (κ1) is 24.1. The second kappa shape index (κ2) is 9.54. The Morgan fingerprint density at radius 2 is 1.97 bits per heavy atom. The highest BCUT2D eigenvalue weighted by molar-refractivity contribution is 7.89. The van der Waals surface area contributed by atoms with E-state index in [-0.39, 0.29) is 22.9 Å². The third-order valence-corrected chi connectivity index (χ3v) is 5.85. The Bertz CT molecular complexity index is 1300. The number of halogens is 3. The maximum absolute atomic E-state index is 13.7. The predicted molar refractivity (Wildman–Crippen MR) is 111 cm³/mol. The minimum atomic E-state index is -4.99. The molecule has 1 aromatic carbocycles. The second-order valence-corrected chi connectivity index (χ2v) is 8.60. The standard InChI is InChI=1S/C19H19F3N6O4S/c1-2-3-9-24-33(31,32)13-6-4-5-12(10-13)25-18(30)14-11-23-28(17(14)19(20,21)22)15-7-8-16(29)27-26-15/h4-8,10-11,24H,2-3,9H2,1H3,(H,25,30)(H,27,29). The fraction of sp³-hybridized carbons (Fsp3) is 0.263. The van der Waals surface area contributed by atoms with Crippen LogP contribution in [0.2, 0.25) is 0 Å². The summed E-state index contributed by atoms with van der Waals surface area (Å²) in [6, 6.07) is 7.10. The highest BCUT2D eigenvalue weighted by atomic mass is 32.2. The number of carbonyl (C=O) groups is 1. The van der Waals surface area contributed by atoms with Crippen molar-refractivity contribution in [1.29, 1.82) is 0 Å². The number of alkyl halides is 3. The molecule has 3 aromatic rings. The predicted octanol–water partition coefficient (Wildman–Crippen LogP) is 2.31. The molecule has 2 heterocycles. The molecular formula is C19H19F3N6O4S. The summed E-state index contributed by atoms with van der Waals surface area (Å²) in [4.78, 5) is 23.6. The van der Waals surface area contributed by atoms with Crippen molar-refractivity contribution in [3.63, 3.8) is 0 Å². The Kier molecular flexibility index (Phi) is 6.98. The van der Waals surface area contributed by atoms with E-state index < -0.39 is 38.9 Å². The van der Waals surface area contributed by atoms with Crippen molar-refractivity contribution in [2.75, 3.05) is 11.9 Å². The molecule has 0 saturated carbocycles. The zero-order valence-corrected chi connectivity index (χ0v) is 18.0. The Morgan fingerprint density at radius 3 is 2.61 bits per heavy atom. The van der Waals surface area contributed by atoms with Gasteiger partial charge in [0.25, 0.3) is 11.5 Å². The van der Waals surface area contributed by atoms with E-state index in [1.54, 1.807) is 0 Å². The quantitative estimate of drug-likeness (QED) is 0.420. The van der Waals surface area contributed by atoms with E-state index in [9.17, 15) is 31.2 Å². The van der Waals surface area contributed by atoms with Gasteiger partial charge >= 0.3 is 6.18 Å². The lowest BCUT2D eigenvalue weighted by atomic mass is 10.2. The summed E-state index contributed by atoms with van der Waals surface area (Å²) >= 11 is 0. The Morgan fingerprint density at radius 1 is 1.21 bits per heavy atom. The van der Waals surface area contributed by atoms with Crippen LogP contribution >= 0.6 is 0 Å². The van der Waals surface area contributed by atoms with Crippen LogP contribution in [0.25, 0.3) is 5.82 Å². The summed E-state index contributed by atoms with van der Waals surface area (Å²) in [5, 5.41) is 11.4. The SMILES string of the molecule is CCCCNS(=O)(=O)c1cccc(NC(=O)c2cnn(-c3ccc(=O)[nH]n3)c2C(F)(F)F)c1. The molecule has 0 saturated heterocycles. The van der Waals surface area contributed by atoms with Crippen LogP contribution in [0.3, 0.4) is 0 Å². The number of unbranched alkanes of at least 4 members (excludes halogenated alkanes) is 1. The summed E-state index contributed by atoms with van der Waals surface area (Å²) in [5.74, 6) is -1.52. The molecule has 14 heteroatoms. The zero-order chi connectivity index (χ0) is 24.2. The number of aromatic amines is 1. The number of nitrogens with zero attached hydrogens (tertiary/aromatic N) is 3. The average Bonchev–Trinajstić information content (AvgIpc) is 3.21. The second-order valence-electron chi connectivity index (χ2n) is 6.83. The number of rotatable bonds is 8. The zero-order valence-electron chi connectivity index (χ0n) is 17.2. The number of sulfonamides is 1. The van der Waals surface area contributed by atoms with E-state index in [0.717, 1.165) is 24.6 Å². The van der Waals surface area contributed by atoms with Crippen LogP contribution in [0.15, 0.2) is 52.3 Å². The average molecular weight is 484 g/mol. The number of benzene rings is 1. The van der Waals surface area contributed by atoms with E-state index >= 15 is 0 Å². The molecule has 3 rings (SSSR count). The van der Waals surface area contributed by atoms with E-state index in [0.29, 0.717) is 17.3 Å². The van der Waals surface area contributed by atoms with Gasteiger partial charge in [-0.25, -0.2) is 22.9 Å². The summed E-state index contributed by atoms with van der Waals surface area (Å²) < 4.78 is 68.8. The molecule has 0 unspecified atom stereocenters. The monoisotopic (exact) mass is 484 g/mol. The smallest absolute Gasteiger partial charge is 0.322 e. The molecule has 0 radical (unpaired) electrons. The van der Waals surface area contributed by atoms with Crippen LogP contribution in [-0.4, -0.2) is 40.8 Å². The number of aromatic nitrogens is 4. The van der Waals surface area contributed by atoms with Gasteiger partial charge in [-0.05, 0) is 30.7 Å². The molecule has 33 heavy (non-hydrogen) atoms. The molecule has 0 aliphatic rings. The first-order valence-corrected chi connectivity index (χ1v) is 11.1. The normalized spacial score (nSPS) is 12.0. The number of hydrogen-bond acceptors (Lipinski definition) is 6. The lowest BCUT2D eigenvalue weighted by Gasteiger charge is -2.12. The molecule has 0 fully saturated rings. The molecule has 176 valence electrons. The van der Waals surface area contributed by atoms with Gasteiger partial charge < -0.3 is 5.32 Å². The van der Waals surface area contributed by atoms with Gasteiger partial charge in [0, 0.05) is 18.3 Å². The van der Waals surface area contributed by atoms with Crippen LogP contribution in [0.4, 0.5) is 18.9 Å². The first-order chi connectivity index (χ1) is 15.5. The number of hydrogen-bond donors (Lipinski definition) is 3. The Labute approximate surface area is 185 Å². The van der Waals surface area contributed by atoms with Gasteiger partial charge in [-0.1, -0.05) is 19.4 Å². The van der Waals surface area contributed by atoms with Gasteiger partial charge in [-0.15, -0.1) is 0 Å². The number of nitrogens with one attached hydrogen (secondary N) is 3. The highest BCUT2D eigenvalue weighted by Crippen LogP contribution is 2.33. The molecule has 3 N–H and O–H groups in total. The Hall–Kier alpha value is -3.52. The van der Waals surface area contributed by atoms with E-state index in [1.807, 2.05) is 12.0 Å². The molecule has 0 aliphatic carbocycles. The summed E-state index contributed by atoms with van der Waals surface area (Å²) in [5.41, 5.74) is -2.88. The van der Waals surface area contributed by atoms with Crippen molar-refractivity contribution >= 4 is 21.6 Å². The number of anilines is 1. The van der Waals surface area contributed by atoms with Crippen molar-refractivity contribution in [1.82, 2.24) is 24.7 Å². The van der Waals surface area contributed by atoms with E-state index in [4.69, 9.17) is 0 Å². The topological polar surface area (TPSA) is 139 Å². The van der Waals surface area contributed by atoms with Gasteiger partial charge in [-0.2, -0.15) is 23.4 Å². The van der Waals surface area contributed by atoms with Gasteiger partial charge in [0.2, 0.25) is 10.0 Å². The summed E-state index contributed by atoms with van der Waals surface area (Å²) in [7, 11) is -3.86. The fourth-order valence-electron chi connectivity index (χ4n) is 2.82. The fourth-order valence-corrected chi connectivity index (χ4v) is 3.94. The minimum Gasteiger partial charge on any atom is -0.322 e. The maximum Gasteiger partial charge on any atom is 0.434 e. The van der Waals surface area contributed by atoms with Crippen LogP contribution < -0.4 is 15.6 Å². The minimum absolute atomic E-state index is 0.0265. The molecular weight excluding hydrogens is 465 g/mol. The van der Waals surface area contributed by atoms with Crippen LogP contribution in [0, 0.1) is 0 Å². The van der Waals surface area contributed by atoms with Gasteiger partial charge in [0.1, 0.15) is 0 Å². The van der Waals surface area contributed by atoms with Gasteiger partial charge in [0.05, 0.1) is 16.7 Å².